The predicted molar refractivity (Wildman–Crippen MR) is 66.5 cm³/mol. The van der Waals surface area contributed by atoms with E-state index in [1.54, 1.807) is 0 Å². The molecule has 1 aliphatic heterocycles. The summed E-state index contributed by atoms with van der Waals surface area (Å²) >= 11 is 0. The molecule has 0 fully saturated rings. The van der Waals surface area contributed by atoms with Crippen LogP contribution in [0.15, 0.2) is 18.2 Å². The summed E-state index contributed by atoms with van der Waals surface area (Å²) in [6.07, 6.45) is 1.23. The summed E-state index contributed by atoms with van der Waals surface area (Å²) in [5.74, 6) is 0.664. The lowest BCUT2D eigenvalue weighted by atomic mass is 9.74. The molecule has 2 rings (SSSR count). The van der Waals surface area contributed by atoms with Gasteiger partial charge in [-0.25, -0.2) is 0 Å². The zero-order valence-corrected chi connectivity index (χ0v) is 10.2. The third kappa shape index (κ3) is 1.64. The number of benzene rings is 1. The second-order valence-electron chi connectivity index (χ2n) is 5.31. The predicted octanol–water partition coefficient (Wildman–Crippen LogP) is 3.94. The van der Waals surface area contributed by atoms with Crippen LogP contribution in [0.1, 0.15) is 44.2 Å². The van der Waals surface area contributed by atoms with Crippen LogP contribution >= 0.6 is 0 Å². The smallest absolute Gasteiger partial charge is 0.0406 e. The van der Waals surface area contributed by atoms with Gasteiger partial charge in [-0.2, -0.15) is 0 Å². The Bertz CT molecular complexity index is 366. The van der Waals surface area contributed by atoms with Crippen LogP contribution in [0.4, 0.5) is 5.69 Å². The van der Waals surface area contributed by atoms with E-state index >= 15 is 0 Å². The second-order valence-corrected chi connectivity index (χ2v) is 5.31. The molecule has 1 aromatic rings. The SMILES string of the molecule is CCC(C)(C)C1CNc2c(C)cccc21. The summed E-state index contributed by atoms with van der Waals surface area (Å²) in [4.78, 5) is 0. The Labute approximate surface area is 92.9 Å². The van der Waals surface area contributed by atoms with Gasteiger partial charge in [0.05, 0.1) is 0 Å². The maximum atomic E-state index is 3.56. The second kappa shape index (κ2) is 3.55. The van der Waals surface area contributed by atoms with Crippen molar-refractivity contribution in [3.63, 3.8) is 0 Å². The van der Waals surface area contributed by atoms with E-state index in [1.807, 2.05) is 0 Å². The average molecular weight is 203 g/mol. The van der Waals surface area contributed by atoms with Crippen molar-refractivity contribution in [2.75, 3.05) is 11.9 Å². The van der Waals surface area contributed by atoms with Crippen LogP contribution in [0.2, 0.25) is 0 Å². The first-order chi connectivity index (χ1) is 7.06. The van der Waals surface area contributed by atoms with E-state index in [0.717, 1.165) is 6.54 Å². The van der Waals surface area contributed by atoms with E-state index in [-0.39, 0.29) is 0 Å². The molecule has 0 saturated heterocycles. The van der Waals surface area contributed by atoms with Crippen molar-refractivity contribution < 1.29 is 0 Å². The maximum absolute atomic E-state index is 3.56. The Morgan fingerprint density at radius 3 is 2.80 bits per heavy atom. The Kier molecular flexibility index (Phi) is 2.49. The molecule has 1 nitrogen and oxygen atoms in total. The molecule has 15 heavy (non-hydrogen) atoms. The van der Waals surface area contributed by atoms with Gasteiger partial charge in [0.25, 0.3) is 0 Å². The highest BCUT2D eigenvalue weighted by Crippen LogP contribution is 2.45. The summed E-state index contributed by atoms with van der Waals surface area (Å²) in [5.41, 5.74) is 4.67. The largest absolute Gasteiger partial charge is 0.384 e. The zero-order valence-electron chi connectivity index (χ0n) is 10.2. The first kappa shape index (κ1) is 10.5. The van der Waals surface area contributed by atoms with E-state index in [0.29, 0.717) is 11.3 Å². The fourth-order valence-electron chi connectivity index (χ4n) is 2.48. The van der Waals surface area contributed by atoms with Crippen LogP contribution in [0.3, 0.4) is 0 Å². The number of nitrogens with one attached hydrogen (secondary N) is 1. The molecule has 1 aliphatic rings. The highest BCUT2D eigenvalue weighted by molar-refractivity contribution is 5.63. The van der Waals surface area contributed by atoms with Crippen LogP contribution in [0.25, 0.3) is 0 Å². The minimum absolute atomic E-state index is 0.395. The third-order valence-corrected chi connectivity index (χ3v) is 4.02. The molecule has 1 unspecified atom stereocenters. The van der Waals surface area contributed by atoms with Gasteiger partial charge in [0.2, 0.25) is 0 Å². The van der Waals surface area contributed by atoms with E-state index < -0.39 is 0 Å². The molecule has 0 aliphatic carbocycles. The summed E-state index contributed by atoms with van der Waals surface area (Å²) < 4.78 is 0. The van der Waals surface area contributed by atoms with Gasteiger partial charge in [-0.05, 0) is 23.5 Å². The Morgan fingerprint density at radius 1 is 1.40 bits per heavy atom. The van der Waals surface area contributed by atoms with E-state index in [1.165, 1.54) is 23.2 Å². The fourth-order valence-corrected chi connectivity index (χ4v) is 2.48. The number of aryl methyl sites for hydroxylation is 1. The molecule has 0 radical (unpaired) electrons. The van der Waals surface area contributed by atoms with E-state index in [4.69, 9.17) is 0 Å². The normalized spacial score (nSPS) is 19.9. The van der Waals surface area contributed by atoms with Crippen molar-refractivity contribution >= 4 is 5.69 Å². The van der Waals surface area contributed by atoms with Gasteiger partial charge in [0.1, 0.15) is 0 Å². The van der Waals surface area contributed by atoms with E-state index in [9.17, 15) is 0 Å². The van der Waals surface area contributed by atoms with Crippen molar-refractivity contribution in [2.24, 2.45) is 5.41 Å². The van der Waals surface area contributed by atoms with Crippen molar-refractivity contribution in [2.45, 2.75) is 40.0 Å². The van der Waals surface area contributed by atoms with Gasteiger partial charge in [-0.3, -0.25) is 0 Å². The Morgan fingerprint density at radius 2 is 2.13 bits per heavy atom. The highest BCUT2D eigenvalue weighted by Gasteiger charge is 2.34. The molecule has 0 aromatic heterocycles. The molecule has 1 heteroatoms. The molecule has 1 aromatic carbocycles. The van der Waals surface area contributed by atoms with Gasteiger partial charge in [0, 0.05) is 18.2 Å². The number of anilines is 1. The number of hydrogen-bond donors (Lipinski definition) is 1. The van der Waals surface area contributed by atoms with Gasteiger partial charge in [-0.15, -0.1) is 0 Å². The Hall–Kier alpha value is -0.980. The Balaban J connectivity index is 2.41. The van der Waals surface area contributed by atoms with Crippen molar-refractivity contribution in [1.29, 1.82) is 0 Å². The lowest BCUT2D eigenvalue weighted by Crippen LogP contribution is -2.22. The molecule has 1 atom stereocenters. The minimum atomic E-state index is 0.395. The summed E-state index contributed by atoms with van der Waals surface area (Å²) in [5, 5.41) is 3.56. The lowest BCUT2D eigenvalue weighted by molar-refractivity contribution is 0.289. The molecule has 0 amide bonds. The quantitative estimate of drug-likeness (QED) is 0.767. The number of para-hydroxylation sites is 1. The maximum Gasteiger partial charge on any atom is 0.0406 e. The monoisotopic (exact) mass is 203 g/mol. The topological polar surface area (TPSA) is 12.0 Å². The van der Waals surface area contributed by atoms with Crippen LogP contribution in [-0.2, 0) is 0 Å². The molecule has 0 spiro atoms. The van der Waals surface area contributed by atoms with Crippen LogP contribution in [0.5, 0.6) is 0 Å². The van der Waals surface area contributed by atoms with Gasteiger partial charge >= 0.3 is 0 Å². The standard InChI is InChI=1S/C14H21N/c1-5-14(3,4)12-9-15-13-10(2)7-6-8-11(12)13/h6-8,12,15H,5,9H2,1-4H3. The third-order valence-electron chi connectivity index (χ3n) is 4.02. The van der Waals surface area contributed by atoms with Crippen LogP contribution in [0, 0.1) is 12.3 Å². The summed E-state index contributed by atoms with van der Waals surface area (Å²) in [6.45, 7) is 10.3. The summed E-state index contributed by atoms with van der Waals surface area (Å²) in [7, 11) is 0. The molecule has 0 saturated carbocycles. The van der Waals surface area contributed by atoms with Gasteiger partial charge in [0.15, 0.2) is 0 Å². The van der Waals surface area contributed by atoms with Crippen LogP contribution in [-0.4, -0.2) is 6.54 Å². The number of hydrogen-bond acceptors (Lipinski definition) is 1. The first-order valence-electron chi connectivity index (χ1n) is 5.89. The molecular weight excluding hydrogens is 182 g/mol. The highest BCUT2D eigenvalue weighted by atomic mass is 14.9. The van der Waals surface area contributed by atoms with Gasteiger partial charge in [-0.1, -0.05) is 45.4 Å². The first-order valence-corrected chi connectivity index (χ1v) is 5.89. The van der Waals surface area contributed by atoms with Gasteiger partial charge < -0.3 is 5.32 Å². The van der Waals surface area contributed by atoms with Crippen molar-refractivity contribution in [1.82, 2.24) is 0 Å². The zero-order chi connectivity index (χ0) is 11.1. The van der Waals surface area contributed by atoms with E-state index in [2.05, 4.69) is 51.2 Å². The number of fused-ring (bicyclic) bond motifs is 1. The molecular formula is C14H21N. The lowest BCUT2D eigenvalue weighted by Gasteiger charge is -2.30. The van der Waals surface area contributed by atoms with Crippen LogP contribution < -0.4 is 5.32 Å². The average Bonchev–Trinajstić information content (AvgIpc) is 2.63. The fraction of sp³-hybridized carbons (Fsp3) is 0.571. The van der Waals surface area contributed by atoms with Crippen molar-refractivity contribution in [3.8, 4) is 0 Å². The molecule has 82 valence electrons. The molecule has 0 bridgehead atoms. The number of rotatable bonds is 2. The van der Waals surface area contributed by atoms with Crippen molar-refractivity contribution in [3.05, 3.63) is 29.3 Å². The minimum Gasteiger partial charge on any atom is -0.384 e. The molecule has 1 heterocycles. The molecule has 1 N–H and O–H groups in total. The summed E-state index contributed by atoms with van der Waals surface area (Å²) in [6, 6.07) is 6.65.